The van der Waals surface area contributed by atoms with Crippen molar-refractivity contribution in [2.45, 2.75) is 39.7 Å². The fourth-order valence-electron chi connectivity index (χ4n) is 2.42. The fraction of sp³-hybridized carbons (Fsp3) is 0.562. The molecule has 1 rings (SSSR count). The monoisotopic (exact) mass is 263 g/mol. The van der Waals surface area contributed by atoms with Crippen LogP contribution >= 0.6 is 0 Å². The second-order valence-electron chi connectivity index (χ2n) is 5.04. The van der Waals surface area contributed by atoms with Gasteiger partial charge in [-0.1, -0.05) is 57.5 Å². The summed E-state index contributed by atoms with van der Waals surface area (Å²) in [4.78, 5) is 13.3. The van der Waals surface area contributed by atoms with Crippen LogP contribution in [-0.4, -0.2) is 29.1 Å². The summed E-state index contributed by atoms with van der Waals surface area (Å²) in [6.45, 7) is 7.52. The van der Waals surface area contributed by atoms with Gasteiger partial charge in [0.15, 0.2) is 0 Å². The summed E-state index contributed by atoms with van der Waals surface area (Å²) in [5.41, 5.74) is 1.28. The van der Waals surface area contributed by atoms with Crippen molar-refractivity contribution in [2.24, 2.45) is 5.92 Å². The number of aliphatic carboxylic acids is 1. The van der Waals surface area contributed by atoms with Crippen LogP contribution in [-0.2, 0) is 4.79 Å². The van der Waals surface area contributed by atoms with E-state index in [1.807, 2.05) is 18.2 Å². The normalized spacial score (nSPS) is 14.3. The maximum absolute atomic E-state index is 11.0. The van der Waals surface area contributed by atoms with Crippen molar-refractivity contribution in [3.8, 4) is 0 Å². The molecule has 3 heteroatoms. The second kappa shape index (κ2) is 7.95. The summed E-state index contributed by atoms with van der Waals surface area (Å²) in [5, 5.41) is 9.08. The van der Waals surface area contributed by atoms with Crippen LogP contribution in [0.5, 0.6) is 0 Å². The van der Waals surface area contributed by atoms with Crippen molar-refractivity contribution in [1.82, 2.24) is 4.90 Å². The lowest BCUT2D eigenvalue weighted by Gasteiger charge is -2.32. The lowest BCUT2D eigenvalue weighted by molar-refractivity contribution is -0.141. The molecule has 0 saturated heterocycles. The number of nitrogens with zero attached hydrogens (tertiary/aromatic N) is 1. The van der Waals surface area contributed by atoms with E-state index < -0.39 is 5.97 Å². The van der Waals surface area contributed by atoms with Gasteiger partial charge in [0.05, 0.1) is 5.92 Å². The molecule has 2 unspecified atom stereocenters. The summed E-state index contributed by atoms with van der Waals surface area (Å²) >= 11 is 0. The summed E-state index contributed by atoms with van der Waals surface area (Å²) in [7, 11) is 0. The van der Waals surface area contributed by atoms with Crippen LogP contribution < -0.4 is 0 Å². The van der Waals surface area contributed by atoms with Gasteiger partial charge in [-0.3, -0.25) is 9.69 Å². The van der Waals surface area contributed by atoms with Crippen LogP contribution in [0, 0.1) is 5.92 Å². The number of hydrogen-bond donors (Lipinski definition) is 1. The Hall–Kier alpha value is -1.35. The van der Waals surface area contributed by atoms with E-state index in [4.69, 9.17) is 5.11 Å². The van der Waals surface area contributed by atoms with Crippen molar-refractivity contribution < 1.29 is 9.90 Å². The van der Waals surface area contributed by atoms with Crippen molar-refractivity contribution in [3.63, 3.8) is 0 Å². The molecule has 0 aliphatic heterocycles. The SMILES string of the molecule is CCCC(c1ccccc1)N(CC)CC(C)C(=O)O. The molecule has 2 atom stereocenters. The molecule has 0 aliphatic rings. The average molecular weight is 263 g/mol. The van der Waals surface area contributed by atoms with Crippen molar-refractivity contribution in [1.29, 1.82) is 0 Å². The predicted octanol–water partition coefficient (Wildman–Crippen LogP) is 3.57. The van der Waals surface area contributed by atoms with E-state index in [-0.39, 0.29) is 5.92 Å². The molecular formula is C16H25NO2. The van der Waals surface area contributed by atoms with E-state index in [0.717, 1.165) is 19.4 Å². The first-order valence-corrected chi connectivity index (χ1v) is 7.11. The van der Waals surface area contributed by atoms with Gasteiger partial charge in [-0.25, -0.2) is 0 Å². The van der Waals surface area contributed by atoms with Gasteiger partial charge in [0, 0.05) is 12.6 Å². The first-order valence-electron chi connectivity index (χ1n) is 7.11. The van der Waals surface area contributed by atoms with E-state index in [2.05, 4.69) is 30.9 Å². The van der Waals surface area contributed by atoms with E-state index in [1.54, 1.807) is 6.92 Å². The number of rotatable bonds is 8. The minimum absolute atomic E-state index is 0.318. The molecule has 0 saturated carbocycles. The molecule has 0 bridgehead atoms. The van der Waals surface area contributed by atoms with Crippen molar-refractivity contribution in [3.05, 3.63) is 35.9 Å². The first kappa shape index (κ1) is 15.7. The maximum atomic E-state index is 11.0. The highest BCUT2D eigenvalue weighted by Crippen LogP contribution is 2.26. The smallest absolute Gasteiger partial charge is 0.307 e. The first-order chi connectivity index (χ1) is 9.10. The zero-order valence-electron chi connectivity index (χ0n) is 12.2. The highest BCUT2D eigenvalue weighted by atomic mass is 16.4. The fourth-order valence-corrected chi connectivity index (χ4v) is 2.42. The van der Waals surface area contributed by atoms with Gasteiger partial charge in [0.2, 0.25) is 0 Å². The van der Waals surface area contributed by atoms with Gasteiger partial charge < -0.3 is 5.11 Å². The molecule has 0 fully saturated rings. The summed E-state index contributed by atoms with van der Waals surface area (Å²) in [6, 6.07) is 10.7. The summed E-state index contributed by atoms with van der Waals surface area (Å²) in [6.07, 6.45) is 2.15. The van der Waals surface area contributed by atoms with Crippen LogP contribution in [0.25, 0.3) is 0 Å². The van der Waals surface area contributed by atoms with E-state index in [9.17, 15) is 4.79 Å². The largest absolute Gasteiger partial charge is 0.481 e. The molecule has 19 heavy (non-hydrogen) atoms. The number of hydrogen-bond acceptors (Lipinski definition) is 2. The lowest BCUT2D eigenvalue weighted by Crippen LogP contribution is -2.35. The average Bonchev–Trinajstić information content (AvgIpc) is 2.43. The Kier molecular flexibility index (Phi) is 6.57. The third-order valence-corrected chi connectivity index (χ3v) is 3.52. The highest BCUT2D eigenvalue weighted by Gasteiger charge is 2.22. The van der Waals surface area contributed by atoms with E-state index in [0.29, 0.717) is 12.6 Å². The summed E-state index contributed by atoms with van der Waals surface area (Å²) < 4.78 is 0. The molecule has 0 spiro atoms. The van der Waals surface area contributed by atoms with Crippen LogP contribution in [0.4, 0.5) is 0 Å². The highest BCUT2D eigenvalue weighted by molar-refractivity contribution is 5.69. The molecule has 3 nitrogen and oxygen atoms in total. The third-order valence-electron chi connectivity index (χ3n) is 3.52. The van der Waals surface area contributed by atoms with Crippen LogP contribution in [0.3, 0.4) is 0 Å². The molecule has 1 aromatic carbocycles. The Balaban J connectivity index is 2.86. The Morgan fingerprint density at radius 3 is 2.37 bits per heavy atom. The van der Waals surface area contributed by atoms with Gasteiger partial charge in [-0.05, 0) is 18.5 Å². The zero-order chi connectivity index (χ0) is 14.3. The van der Waals surface area contributed by atoms with E-state index >= 15 is 0 Å². The Labute approximate surface area is 116 Å². The molecule has 1 N–H and O–H groups in total. The van der Waals surface area contributed by atoms with Crippen LogP contribution in [0.2, 0.25) is 0 Å². The van der Waals surface area contributed by atoms with Gasteiger partial charge in [-0.2, -0.15) is 0 Å². The number of carboxylic acid groups (broad SMARTS) is 1. The molecular weight excluding hydrogens is 238 g/mol. The van der Waals surface area contributed by atoms with E-state index in [1.165, 1.54) is 5.56 Å². The van der Waals surface area contributed by atoms with Crippen LogP contribution in [0.15, 0.2) is 30.3 Å². The number of carbonyl (C=O) groups is 1. The van der Waals surface area contributed by atoms with Gasteiger partial charge in [0.1, 0.15) is 0 Å². The molecule has 0 heterocycles. The molecule has 106 valence electrons. The van der Waals surface area contributed by atoms with Crippen LogP contribution in [0.1, 0.15) is 45.2 Å². The number of benzene rings is 1. The minimum atomic E-state index is -0.721. The van der Waals surface area contributed by atoms with Gasteiger partial charge >= 0.3 is 5.97 Å². The molecule has 0 radical (unpaired) electrons. The molecule has 0 aromatic heterocycles. The standard InChI is InChI=1S/C16H25NO2/c1-4-9-15(14-10-7-6-8-11-14)17(5-2)12-13(3)16(18)19/h6-8,10-11,13,15H,4-5,9,12H2,1-3H3,(H,18,19). The quantitative estimate of drug-likeness (QED) is 0.779. The molecule has 0 aliphatic carbocycles. The predicted molar refractivity (Wildman–Crippen MR) is 78.1 cm³/mol. The lowest BCUT2D eigenvalue weighted by atomic mass is 9.99. The van der Waals surface area contributed by atoms with Crippen molar-refractivity contribution >= 4 is 5.97 Å². The zero-order valence-corrected chi connectivity index (χ0v) is 12.2. The summed E-state index contributed by atoms with van der Waals surface area (Å²) in [5.74, 6) is -1.05. The van der Waals surface area contributed by atoms with Gasteiger partial charge in [-0.15, -0.1) is 0 Å². The van der Waals surface area contributed by atoms with Gasteiger partial charge in [0.25, 0.3) is 0 Å². The maximum Gasteiger partial charge on any atom is 0.307 e. The Morgan fingerprint density at radius 2 is 1.89 bits per heavy atom. The Morgan fingerprint density at radius 1 is 1.26 bits per heavy atom. The third kappa shape index (κ3) is 4.67. The minimum Gasteiger partial charge on any atom is -0.481 e. The second-order valence-corrected chi connectivity index (χ2v) is 5.04. The number of carboxylic acids is 1. The Bertz CT molecular complexity index is 378. The molecule has 0 amide bonds. The molecule has 1 aromatic rings. The topological polar surface area (TPSA) is 40.5 Å². The van der Waals surface area contributed by atoms with Crippen molar-refractivity contribution in [2.75, 3.05) is 13.1 Å².